The van der Waals surface area contributed by atoms with Crippen LogP contribution in [-0.4, -0.2) is 19.6 Å². The van der Waals surface area contributed by atoms with Crippen molar-refractivity contribution in [2.75, 3.05) is 0 Å². The van der Waals surface area contributed by atoms with Gasteiger partial charge in [-0.15, -0.1) is 10.2 Å². The van der Waals surface area contributed by atoms with Crippen LogP contribution in [0.15, 0.2) is 52.4 Å². The molecular formula is C17H9Cl2F3N4OS. The molecule has 0 N–H and O–H groups in total. The lowest BCUT2D eigenvalue weighted by atomic mass is 10.2. The second kappa shape index (κ2) is 7.31. The highest BCUT2D eigenvalue weighted by molar-refractivity contribution is 7.98. The van der Waals surface area contributed by atoms with Gasteiger partial charge >= 0.3 is 6.18 Å². The van der Waals surface area contributed by atoms with E-state index in [0.29, 0.717) is 22.4 Å². The minimum Gasteiger partial charge on any atom is -0.444 e. The monoisotopic (exact) mass is 444 g/mol. The Balaban J connectivity index is 1.56. The smallest absolute Gasteiger partial charge is 0.417 e. The van der Waals surface area contributed by atoms with Crippen LogP contribution in [0, 0.1) is 0 Å². The van der Waals surface area contributed by atoms with Crippen molar-refractivity contribution in [2.24, 2.45) is 0 Å². The van der Waals surface area contributed by atoms with Crippen molar-refractivity contribution in [3.63, 3.8) is 0 Å². The topological polar surface area (TPSA) is 56.2 Å². The maximum atomic E-state index is 13.0. The minimum atomic E-state index is -4.52. The summed E-state index contributed by atoms with van der Waals surface area (Å²) in [6.07, 6.45) is -2.12. The van der Waals surface area contributed by atoms with E-state index >= 15 is 0 Å². The number of hydrogen-bond acceptors (Lipinski definition) is 5. The number of rotatable bonds is 4. The lowest BCUT2D eigenvalue weighted by molar-refractivity contribution is -0.137. The number of thioether (sulfide) groups is 1. The number of halogens is 5. The molecule has 0 spiro atoms. The van der Waals surface area contributed by atoms with Gasteiger partial charge in [0.05, 0.1) is 16.3 Å². The van der Waals surface area contributed by atoms with Crippen molar-refractivity contribution in [2.45, 2.75) is 17.1 Å². The van der Waals surface area contributed by atoms with Crippen molar-refractivity contribution in [3.8, 4) is 11.5 Å². The van der Waals surface area contributed by atoms with Gasteiger partial charge in [0.15, 0.2) is 10.8 Å². The predicted octanol–water partition coefficient (Wildman–Crippen LogP) is 6.00. The zero-order valence-corrected chi connectivity index (χ0v) is 16.1. The summed E-state index contributed by atoms with van der Waals surface area (Å²) < 4.78 is 45.7. The molecule has 5 nitrogen and oxygen atoms in total. The number of nitrogens with zero attached hydrogens (tertiary/aromatic N) is 4. The largest absolute Gasteiger partial charge is 0.444 e. The van der Waals surface area contributed by atoms with Gasteiger partial charge in [0.2, 0.25) is 5.89 Å². The van der Waals surface area contributed by atoms with Crippen LogP contribution < -0.4 is 0 Å². The summed E-state index contributed by atoms with van der Waals surface area (Å²) in [5, 5.41) is 8.51. The molecule has 0 bridgehead atoms. The van der Waals surface area contributed by atoms with Gasteiger partial charge in [0.25, 0.3) is 0 Å². The van der Waals surface area contributed by atoms with Crippen LogP contribution >= 0.6 is 35.0 Å². The number of aromatic nitrogens is 4. The second-order valence-electron chi connectivity index (χ2n) is 5.69. The molecule has 0 atom stereocenters. The Bertz CT molecular complexity index is 1140. The molecule has 0 saturated heterocycles. The molecule has 0 saturated carbocycles. The lowest BCUT2D eigenvalue weighted by Crippen LogP contribution is -2.07. The van der Waals surface area contributed by atoms with Crippen LogP contribution in [-0.2, 0) is 11.9 Å². The molecule has 28 heavy (non-hydrogen) atoms. The highest BCUT2D eigenvalue weighted by atomic mass is 35.5. The molecule has 11 heteroatoms. The van der Waals surface area contributed by atoms with Crippen molar-refractivity contribution >= 4 is 40.6 Å². The van der Waals surface area contributed by atoms with Crippen molar-refractivity contribution in [1.82, 2.24) is 19.6 Å². The van der Waals surface area contributed by atoms with E-state index in [9.17, 15) is 13.2 Å². The van der Waals surface area contributed by atoms with Crippen LogP contribution in [0.2, 0.25) is 10.0 Å². The van der Waals surface area contributed by atoms with Gasteiger partial charge in [-0.05, 0) is 30.3 Å². The summed E-state index contributed by atoms with van der Waals surface area (Å²) in [7, 11) is 0. The Hall–Kier alpha value is -2.23. The summed E-state index contributed by atoms with van der Waals surface area (Å²) in [4.78, 5) is 4.37. The quantitative estimate of drug-likeness (QED) is 0.361. The van der Waals surface area contributed by atoms with E-state index in [4.69, 9.17) is 27.6 Å². The Morgan fingerprint density at radius 3 is 2.57 bits per heavy atom. The molecule has 0 radical (unpaired) electrons. The van der Waals surface area contributed by atoms with E-state index < -0.39 is 11.7 Å². The van der Waals surface area contributed by atoms with Gasteiger partial charge in [0, 0.05) is 22.5 Å². The third-order valence-electron chi connectivity index (χ3n) is 3.75. The van der Waals surface area contributed by atoms with Crippen LogP contribution in [0.1, 0.15) is 11.3 Å². The fourth-order valence-corrected chi connectivity index (χ4v) is 3.58. The molecule has 0 amide bonds. The van der Waals surface area contributed by atoms with Gasteiger partial charge in [0.1, 0.15) is 6.26 Å². The first-order valence-electron chi connectivity index (χ1n) is 7.76. The number of fused-ring (bicyclic) bond motifs is 1. The first kappa shape index (κ1) is 19.1. The maximum Gasteiger partial charge on any atom is 0.417 e. The lowest BCUT2D eigenvalue weighted by Gasteiger charge is -2.08. The molecule has 3 heterocycles. The number of hydrogen-bond donors (Lipinski definition) is 0. The van der Waals surface area contributed by atoms with E-state index in [1.165, 1.54) is 22.4 Å². The van der Waals surface area contributed by atoms with E-state index in [0.717, 1.165) is 17.8 Å². The Labute approximate surface area is 170 Å². The van der Waals surface area contributed by atoms with Crippen molar-refractivity contribution < 1.29 is 17.6 Å². The highest BCUT2D eigenvalue weighted by Crippen LogP contribution is 2.33. The molecule has 0 fully saturated rings. The number of benzene rings is 1. The van der Waals surface area contributed by atoms with Gasteiger partial charge in [-0.2, -0.15) is 13.2 Å². The first-order chi connectivity index (χ1) is 13.3. The minimum absolute atomic E-state index is 0.124. The van der Waals surface area contributed by atoms with Gasteiger partial charge in [-0.25, -0.2) is 4.98 Å². The molecule has 0 aliphatic carbocycles. The first-order valence-corrected chi connectivity index (χ1v) is 9.50. The number of alkyl halides is 3. The molecule has 0 aliphatic rings. The molecule has 1 aromatic carbocycles. The van der Waals surface area contributed by atoms with Crippen LogP contribution in [0.4, 0.5) is 13.2 Å². The molecule has 3 aromatic heterocycles. The van der Waals surface area contributed by atoms with E-state index in [2.05, 4.69) is 15.2 Å². The fourth-order valence-electron chi connectivity index (χ4n) is 2.42. The standard InChI is InChI=1S/C17H9Cl2F3N4OS/c18-11-3-1-9(2-4-11)15-23-12(7-27-15)8-28-16-25-24-14-13(19)5-10(6-26(14)16)17(20,21)22/h1-7H,8H2. The fraction of sp³-hybridized carbons (Fsp3) is 0.118. The summed E-state index contributed by atoms with van der Waals surface area (Å²) >= 11 is 12.9. The highest BCUT2D eigenvalue weighted by Gasteiger charge is 2.32. The van der Waals surface area contributed by atoms with Crippen molar-refractivity contribution in [1.29, 1.82) is 0 Å². The Kier molecular flexibility index (Phi) is 4.98. The number of pyridine rings is 1. The molecule has 0 unspecified atom stereocenters. The summed E-state index contributed by atoms with van der Waals surface area (Å²) in [6, 6.07) is 7.82. The SMILES string of the molecule is FC(F)(F)c1cc(Cl)c2nnc(SCc3coc(-c4ccc(Cl)cc4)n3)n2c1. The third kappa shape index (κ3) is 3.82. The summed E-state index contributed by atoms with van der Waals surface area (Å²) in [5.41, 5.74) is 0.636. The second-order valence-corrected chi connectivity index (χ2v) is 7.48. The van der Waals surface area contributed by atoms with E-state index in [-0.39, 0.29) is 15.8 Å². The zero-order valence-electron chi connectivity index (χ0n) is 13.7. The van der Waals surface area contributed by atoms with Gasteiger partial charge in [-0.3, -0.25) is 4.40 Å². The molecule has 0 aliphatic heterocycles. The Morgan fingerprint density at radius 1 is 1.11 bits per heavy atom. The predicted molar refractivity (Wildman–Crippen MR) is 99.5 cm³/mol. The van der Waals surface area contributed by atoms with Crippen molar-refractivity contribution in [3.05, 3.63) is 64.1 Å². The normalized spacial score (nSPS) is 12.0. The third-order valence-corrected chi connectivity index (χ3v) is 5.25. The average molecular weight is 445 g/mol. The molecule has 144 valence electrons. The van der Waals surface area contributed by atoms with Gasteiger partial charge in [-0.1, -0.05) is 35.0 Å². The molecular weight excluding hydrogens is 436 g/mol. The average Bonchev–Trinajstić information content (AvgIpc) is 3.27. The van der Waals surface area contributed by atoms with Crippen LogP contribution in [0.3, 0.4) is 0 Å². The summed E-state index contributed by atoms with van der Waals surface area (Å²) in [6.45, 7) is 0. The molecule has 4 rings (SSSR count). The van der Waals surface area contributed by atoms with Crippen LogP contribution in [0.25, 0.3) is 17.1 Å². The van der Waals surface area contributed by atoms with Gasteiger partial charge < -0.3 is 4.42 Å². The van der Waals surface area contributed by atoms with Crippen LogP contribution in [0.5, 0.6) is 0 Å². The Morgan fingerprint density at radius 2 is 1.86 bits per heavy atom. The summed E-state index contributed by atoms with van der Waals surface area (Å²) in [5.74, 6) is 0.743. The van der Waals surface area contributed by atoms with E-state index in [1.807, 2.05) is 0 Å². The van der Waals surface area contributed by atoms with E-state index in [1.54, 1.807) is 24.3 Å². The maximum absolute atomic E-state index is 13.0. The number of oxazole rings is 1. The zero-order chi connectivity index (χ0) is 19.9. The molecule has 4 aromatic rings.